The summed E-state index contributed by atoms with van der Waals surface area (Å²) in [4.78, 5) is 12.4. The smallest absolute Gasteiger partial charge is 0.289 e. The molecule has 0 atom stereocenters. The third-order valence-corrected chi connectivity index (χ3v) is 4.86. The highest BCUT2D eigenvalue weighted by Gasteiger charge is 2.11. The Hall–Kier alpha value is -4.59. The largest absolute Gasteiger partial charge is 0.504 e. The fourth-order valence-corrected chi connectivity index (χ4v) is 3.18. The number of H-pyrrole nitrogens is 1. The van der Waals surface area contributed by atoms with Crippen molar-refractivity contribution in [1.29, 1.82) is 0 Å². The fourth-order valence-electron chi connectivity index (χ4n) is 3.18. The SMILES string of the molecule is CCOc1cc(C=NNC(=O)c2cc(-c3cccc(OCc4ccccc4)c3)n[nH]2)ccc1O. The minimum Gasteiger partial charge on any atom is -0.504 e. The van der Waals surface area contributed by atoms with Gasteiger partial charge >= 0.3 is 0 Å². The Morgan fingerprint density at radius 1 is 1.06 bits per heavy atom. The van der Waals surface area contributed by atoms with Gasteiger partial charge in [0.05, 0.1) is 18.5 Å². The summed E-state index contributed by atoms with van der Waals surface area (Å²) in [6.07, 6.45) is 1.46. The number of carbonyl (C=O) groups is 1. The van der Waals surface area contributed by atoms with Gasteiger partial charge in [-0.15, -0.1) is 0 Å². The Kier molecular flexibility index (Phi) is 7.19. The zero-order chi connectivity index (χ0) is 23.8. The fraction of sp³-hybridized carbons (Fsp3) is 0.115. The van der Waals surface area contributed by atoms with Gasteiger partial charge in [0.15, 0.2) is 11.5 Å². The molecule has 0 unspecified atom stereocenters. The van der Waals surface area contributed by atoms with Crippen LogP contribution >= 0.6 is 0 Å². The van der Waals surface area contributed by atoms with Gasteiger partial charge in [0.2, 0.25) is 0 Å². The molecule has 0 spiro atoms. The number of phenolic OH excluding ortho intramolecular Hbond substituents is 1. The molecule has 0 bridgehead atoms. The molecule has 1 heterocycles. The standard InChI is InChI=1S/C26H24N4O4/c1-2-33-25-13-19(11-12-24(25)31)16-27-30-26(32)23-15-22(28-29-23)20-9-6-10-21(14-20)34-17-18-7-4-3-5-8-18/h3-16,31H,2,17H2,1H3,(H,28,29)(H,30,32). The van der Waals surface area contributed by atoms with E-state index in [9.17, 15) is 9.90 Å². The van der Waals surface area contributed by atoms with Gasteiger partial charge < -0.3 is 14.6 Å². The van der Waals surface area contributed by atoms with Crippen LogP contribution in [0, 0.1) is 0 Å². The van der Waals surface area contributed by atoms with Gasteiger partial charge in [-0.05, 0) is 54.4 Å². The summed E-state index contributed by atoms with van der Waals surface area (Å²) in [6.45, 7) is 2.71. The number of benzene rings is 3. The van der Waals surface area contributed by atoms with Gasteiger partial charge in [0, 0.05) is 5.56 Å². The van der Waals surface area contributed by atoms with Crippen LogP contribution in [0.25, 0.3) is 11.3 Å². The van der Waals surface area contributed by atoms with Crippen molar-refractivity contribution in [2.75, 3.05) is 6.61 Å². The lowest BCUT2D eigenvalue weighted by Crippen LogP contribution is -2.18. The molecule has 3 N–H and O–H groups in total. The monoisotopic (exact) mass is 456 g/mol. The number of hydrogen-bond donors (Lipinski definition) is 3. The predicted octanol–water partition coefficient (Wildman–Crippen LogP) is 4.52. The van der Waals surface area contributed by atoms with Gasteiger partial charge in [0.1, 0.15) is 18.1 Å². The summed E-state index contributed by atoms with van der Waals surface area (Å²) in [5.41, 5.74) is 5.90. The molecule has 0 saturated carbocycles. The van der Waals surface area contributed by atoms with Crippen LogP contribution < -0.4 is 14.9 Å². The number of aromatic nitrogens is 2. The molecule has 0 aliphatic carbocycles. The molecule has 1 aromatic heterocycles. The molecule has 0 radical (unpaired) electrons. The van der Waals surface area contributed by atoms with Crippen molar-refractivity contribution in [2.45, 2.75) is 13.5 Å². The Morgan fingerprint density at radius 2 is 1.91 bits per heavy atom. The van der Waals surface area contributed by atoms with E-state index in [4.69, 9.17) is 9.47 Å². The van der Waals surface area contributed by atoms with E-state index in [0.29, 0.717) is 36.0 Å². The van der Waals surface area contributed by atoms with E-state index in [2.05, 4.69) is 20.7 Å². The molecule has 8 nitrogen and oxygen atoms in total. The van der Waals surface area contributed by atoms with Crippen LogP contribution in [0.15, 0.2) is 84.0 Å². The topological polar surface area (TPSA) is 109 Å². The second-order valence-electron chi connectivity index (χ2n) is 7.33. The highest BCUT2D eigenvalue weighted by atomic mass is 16.5. The van der Waals surface area contributed by atoms with Crippen molar-refractivity contribution in [1.82, 2.24) is 15.6 Å². The lowest BCUT2D eigenvalue weighted by Gasteiger charge is -2.07. The molecular formula is C26H24N4O4. The molecule has 0 aliphatic rings. The molecule has 0 fully saturated rings. The molecule has 3 aromatic carbocycles. The van der Waals surface area contributed by atoms with Crippen LogP contribution in [0.4, 0.5) is 0 Å². The number of nitrogens with one attached hydrogen (secondary N) is 2. The Bertz CT molecular complexity index is 1280. The third-order valence-electron chi connectivity index (χ3n) is 4.86. The number of aromatic hydroxyl groups is 1. The van der Waals surface area contributed by atoms with E-state index in [1.807, 2.05) is 61.5 Å². The van der Waals surface area contributed by atoms with Gasteiger partial charge in [-0.2, -0.15) is 10.2 Å². The predicted molar refractivity (Wildman–Crippen MR) is 129 cm³/mol. The highest BCUT2D eigenvalue weighted by molar-refractivity contribution is 5.94. The zero-order valence-electron chi connectivity index (χ0n) is 18.6. The number of rotatable bonds is 9. The number of ether oxygens (including phenoxy) is 2. The molecule has 1 amide bonds. The van der Waals surface area contributed by atoms with E-state index >= 15 is 0 Å². The molecular weight excluding hydrogens is 432 g/mol. The normalized spacial score (nSPS) is 10.9. The van der Waals surface area contributed by atoms with E-state index in [-0.39, 0.29) is 11.4 Å². The van der Waals surface area contributed by atoms with Gasteiger partial charge in [-0.3, -0.25) is 9.89 Å². The minimum absolute atomic E-state index is 0.0440. The molecule has 172 valence electrons. The van der Waals surface area contributed by atoms with E-state index < -0.39 is 5.91 Å². The lowest BCUT2D eigenvalue weighted by atomic mass is 10.1. The van der Waals surface area contributed by atoms with Crippen molar-refractivity contribution in [3.8, 4) is 28.5 Å². The minimum atomic E-state index is -0.435. The summed E-state index contributed by atoms with van der Waals surface area (Å²) in [6, 6.07) is 23.9. The summed E-state index contributed by atoms with van der Waals surface area (Å²) < 4.78 is 11.2. The Labute approximate surface area is 196 Å². The maximum atomic E-state index is 12.4. The second kappa shape index (κ2) is 10.8. The highest BCUT2D eigenvalue weighted by Crippen LogP contribution is 2.26. The summed E-state index contributed by atoms with van der Waals surface area (Å²) in [5, 5.41) is 20.7. The number of phenols is 1. The number of carbonyl (C=O) groups excluding carboxylic acids is 1. The Balaban J connectivity index is 1.38. The summed E-state index contributed by atoms with van der Waals surface area (Å²) in [7, 11) is 0. The zero-order valence-corrected chi connectivity index (χ0v) is 18.6. The van der Waals surface area contributed by atoms with Crippen molar-refractivity contribution < 1.29 is 19.4 Å². The first-order chi connectivity index (χ1) is 16.6. The van der Waals surface area contributed by atoms with Crippen LogP contribution in [-0.2, 0) is 6.61 Å². The van der Waals surface area contributed by atoms with Crippen LogP contribution in [0.1, 0.15) is 28.5 Å². The lowest BCUT2D eigenvalue weighted by molar-refractivity contribution is 0.0950. The summed E-state index contributed by atoms with van der Waals surface area (Å²) in [5.74, 6) is 0.670. The molecule has 4 aromatic rings. The second-order valence-corrected chi connectivity index (χ2v) is 7.33. The molecule has 34 heavy (non-hydrogen) atoms. The molecule has 0 aliphatic heterocycles. The number of hydrazone groups is 1. The van der Waals surface area contributed by atoms with Crippen LogP contribution in [-0.4, -0.2) is 34.0 Å². The van der Waals surface area contributed by atoms with E-state index in [1.54, 1.807) is 18.2 Å². The van der Waals surface area contributed by atoms with Gasteiger partial charge in [-0.25, -0.2) is 5.43 Å². The first kappa shape index (κ1) is 22.6. The number of amides is 1. The maximum Gasteiger partial charge on any atom is 0.289 e. The maximum absolute atomic E-state index is 12.4. The van der Waals surface area contributed by atoms with Crippen molar-refractivity contribution in [3.05, 3.63) is 95.7 Å². The van der Waals surface area contributed by atoms with Crippen molar-refractivity contribution in [3.63, 3.8) is 0 Å². The van der Waals surface area contributed by atoms with Crippen LogP contribution in [0.5, 0.6) is 17.2 Å². The first-order valence-electron chi connectivity index (χ1n) is 10.7. The van der Waals surface area contributed by atoms with Gasteiger partial charge in [-0.1, -0.05) is 42.5 Å². The quantitative estimate of drug-likeness (QED) is 0.253. The van der Waals surface area contributed by atoms with Gasteiger partial charge in [0.25, 0.3) is 5.91 Å². The van der Waals surface area contributed by atoms with Crippen LogP contribution in [0.2, 0.25) is 0 Å². The first-order valence-corrected chi connectivity index (χ1v) is 10.7. The number of aromatic amines is 1. The number of nitrogens with zero attached hydrogens (tertiary/aromatic N) is 2. The average molecular weight is 457 g/mol. The summed E-state index contributed by atoms with van der Waals surface area (Å²) >= 11 is 0. The molecule has 4 rings (SSSR count). The van der Waals surface area contributed by atoms with E-state index in [1.165, 1.54) is 12.3 Å². The number of hydrogen-bond acceptors (Lipinski definition) is 6. The molecule has 8 heteroatoms. The van der Waals surface area contributed by atoms with Crippen molar-refractivity contribution in [2.24, 2.45) is 5.10 Å². The van der Waals surface area contributed by atoms with Crippen molar-refractivity contribution >= 4 is 12.1 Å². The van der Waals surface area contributed by atoms with E-state index in [0.717, 1.165) is 11.1 Å². The third kappa shape index (κ3) is 5.80. The average Bonchev–Trinajstić information content (AvgIpc) is 3.36. The Morgan fingerprint density at radius 3 is 2.74 bits per heavy atom. The molecule has 0 saturated heterocycles. The van der Waals surface area contributed by atoms with Crippen LogP contribution in [0.3, 0.4) is 0 Å².